The smallest absolute Gasteiger partial charge is 0.0249 e. The first-order valence-electron chi connectivity index (χ1n) is 10.1. The zero-order valence-corrected chi connectivity index (χ0v) is 16.2. The third-order valence-corrected chi connectivity index (χ3v) is 6.50. The molecule has 1 aliphatic carbocycles. The van der Waals surface area contributed by atoms with E-state index in [2.05, 4.69) is 116 Å². The highest BCUT2D eigenvalue weighted by Crippen LogP contribution is 2.54. The standard InChI is InChI=1S/C28H24/c1-28(23-16-9-4-10-17-23)26-19-11-18-24(21-12-5-2-6-13-21)25(26)20-27(28)22-14-7-3-8-15-22/h2-19,27H,20H2,1H3. The number of fused-ring (bicyclic) bond motifs is 1. The molecule has 28 heavy (non-hydrogen) atoms. The van der Waals surface area contributed by atoms with Gasteiger partial charge < -0.3 is 0 Å². The van der Waals surface area contributed by atoms with Crippen LogP contribution in [0.15, 0.2) is 109 Å². The van der Waals surface area contributed by atoms with Crippen LogP contribution in [0.4, 0.5) is 0 Å². The largest absolute Gasteiger partial charge is 0.0622 e. The summed E-state index contributed by atoms with van der Waals surface area (Å²) in [6.45, 7) is 2.43. The van der Waals surface area contributed by atoms with Gasteiger partial charge in [0.25, 0.3) is 0 Å². The average Bonchev–Trinajstić information content (AvgIpc) is 3.09. The summed E-state index contributed by atoms with van der Waals surface area (Å²) in [4.78, 5) is 0. The SMILES string of the molecule is CC1(c2ccccc2)c2cccc(-c3ccccc3)c2CC1c1ccccc1. The molecule has 0 aliphatic heterocycles. The zero-order chi connectivity index (χ0) is 19.0. The maximum atomic E-state index is 2.43. The summed E-state index contributed by atoms with van der Waals surface area (Å²) >= 11 is 0. The minimum absolute atomic E-state index is 0.0390. The molecule has 0 fully saturated rings. The van der Waals surface area contributed by atoms with E-state index in [1.807, 2.05) is 0 Å². The van der Waals surface area contributed by atoms with Gasteiger partial charge >= 0.3 is 0 Å². The van der Waals surface area contributed by atoms with Gasteiger partial charge in [0.15, 0.2) is 0 Å². The molecule has 4 aromatic rings. The van der Waals surface area contributed by atoms with Gasteiger partial charge in [0, 0.05) is 11.3 Å². The van der Waals surface area contributed by atoms with Crippen LogP contribution in [0.5, 0.6) is 0 Å². The van der Waals surface area contributed by atoms with Crippen LogP contribution in [0.1, 0.15) is 35.1 Å². The highest BCUT2D eigenvalue weighted by molar-refractivity contribution is 5.72. The van der Waals surface area contributed by atoms with Crippen molar-refractivity contribution in [2.75, 3.05) is 0 Å². The van der Waals surface area contributed by atoms with E-state index < -0.39 is 0 Å². The van der Waals surface area contributed by atoms with Crippen molar-refractivity contribution < 1.29 is 0 Å². The molecule has 0 spiro atoms. The Balaban J connectivity index is 1.75. The molecule has 136 valence electrons. The van der Waals surface area contributed by atoms with E-state index >= 15 is 0 Å². The van der Waals surface area contributed by atoms with Crippen molar-refractivity contribution in [2.45, 2.75) is 24.7 Å². The van der Waals surface area contributed by atoms with Gasteiger partial charge in [0.1, 0.15) is 0 Å². The maximum absolute atomic E-state index is 2.43. The lowest BCUT2D eigenvalue weighted by Crippen LogP contribution is -2.28. The first kappa shape index (κ1) is 17.0. The van der Waals surface area contributed by atoms with E-state index in [0.29, 0.717) is 5.92 Å². The lowest BCUT2D eigenvalue weighted by atomic mass is 9.69. The Morgan fingerprint density at radius 2 is 1.25 bits per heavy atom. The Hall–Kier alpha value is -3.12. The maximum Gasteiger partial charge on any atom is 0.0249 e. The molecule has 0 heterocycles. The number of benzene rings is 4. The quantitative estimate of drug-likeness (QED) is 0.369. The Morgan fingerprint density at radius 3 is 1.93 bits per heavy atom. The van der Waals surface area contributed by atoms with Crippen molar-refractivity contribution in [3.63, 3.8) is 0 Å². The van der Waals surface area contributed by atoms with Crippen molar-refractivity contribution >= 4 is 0 Å². The molecule has 0 radical (unpaired) electrons. The minimum atomic E-state index is -0.0390. The highest BCUT2D eigenvalue weighted by Gasteiger charge is 2.45. The molecule has 4 aromatic carbocycles. The van der Waals surface area contributed by atoms with Crippen molar-refractivity contribution in [1.29, 1.82) is 0 Å². The third-order valence-electron chi connectivity index (χ3n) is 6.50. The second-order valence-electron chi connectivity index (χ2n) is 7.93. The summed E-state index contributed by atoms with van der Waals surface area (Å²) in [6.07, 6.45) is 1.07. The molecule has 0 heteroatoms. The summed E-state index contributed by atoms with van der Waals surface area (Å²) in [6, 6.07) is 39.7. The van der Waals surface area contributed by atoms with Crippen molar-refractivity contribution in [3.8, 4) is 11.1 Å². The summed E-state index contributed by atoms with van der Waals surface area (Å²) in [5.74, 6) is 0.427. The summed E-state index contributed by atoms with van der Waals surface area (Å²) in [7, 11) is 0. The summed E-state index contributed by atoms with van der Waals surface area (Å²) in [5, 5.41) is 0. The van der Waals surface area contributed by atoms with E-state index in [9.17, 15) is 0 Å². The van der Waals surface area contributed by atoms with Gasteiger partial charge in [0.2, 0.25) is 0 Å². The van der Waals surface area contributed by atoms with Crippen LogP contribution in [0.3, 0.4) is 0 Å². The van der Waals surface area contributed by atoms with Gasteiger partial charge in [-0.3, -0.25) is 0 Å². The van der Waals surface area contributed by atoms with Crippen LogP contribution in [0.25, 0.3) is 11.1 Å². The molecule has 0 saturated carbocycles. The second-order valence-corrected chi connectivity index (χ2v) is 7.93. The zero-order valence-electron chi connectivity index (χ0n) is 16.2. The summed E-state index contributed by atoms with van der Waals surface area (Å²) in [5.41, 5.74) is 8.42. The first-order chi connectivity index (χ1) is 13.8. The molecule has 0 N–H and O–H groups in total. The molecule has 2 unspecified atom stereocenters. The number of hydrogen-bond donors (Lipinski definition) is 0. The first-order valence-corrected chi connectivity index (χ1v) is 10.1. The van der Waals surface area contributed by atoms with Gasteiger partial charge in [0.05, 0.1) is 0 Å². The fourth-order valence-corrected chi connectivity index (χ4v) is 5.06. The monoisotopic (exact) mass is 360 g/mol. The van der Waals surface area contributed by atoms with Gasteiger partial charge in [-0.25, -0.2) is 0 Å². The van der Waals surface area contributed by atoms with E-state index in [-0.39, 0.29) is 5.41 Å². The molecule has 1 aliphatic rings. The van der Waals surface area contributed by atoms with Gasteiger partial charge in [-0.15, -0.1) is 0 Å². The molecular weight excluding hydrogens is 336 g/mol. The molecule has 2 atom stereocenters. The van der Waals surface area contributed by atoms with Gasteiger partial charge in [-0.2, -0.15) is 0 Å². The van der Waals surface area contributed by atoms with E-state index in [1.165, 1.54) is 33.4 Å². The minimum Gasteiger partial charge on any atom is -0.0622 e. The molecule has 0 amide bonds. The third kappa shape index (κ3) is 2.60. The van der Waals surface area contributed by atoms with E-state index in [0.717, 1.165) is 6.42 Å². The number of rotatable bonds is 3. The Labute approximate surface area is 167 Å². The Bertz CT molecular complexity index is 1080. The van der Waals surface area contributed by atoms with Crippen LogP contribution >= 0.6 is 0 Å². The van der Waals surface area contributed by atoms with Crippen LogP contribution in [-0.2, 0) is 11.8 Å². The predicted octanol–water partition coefficient (Wildman–Crippen LogP) is 7.00. The molecular formula is C28H24. The van der Waals surface area contributed by atoms with Crippen molar-refractivity contribution in [1.82, 2.24) is 0 Å². The van der Waals surface area contributed by atoms with E-state index in [4.69, 9.17) is 0 Å². The lowest BCUT2D eigenvalue weighted by Gasteiger charge is -2.34. The number of hydrogen-bond acceptors (Lipinski definition) is 0. The van der Waals surface area contributed by atoms with E-state index in [1.54, 1.807) is 0 Å². The van der Waals surface area contributed by atoms with Gasteiger partial charge in [-0.1, -0.05) is 116 Å². The van der Waals surface area contributed by atoms with Crippen molar-refractivity contribution in [3.05, 3.63) is 131 Å². The van der Waals surface area contributed by atoms with Crippen LogP contribution < -0.4 is 0 Å². The van der Waals surface area contributed by atoms with Crippen LogP contribution in [0, 0.1) is 0 Å². The second kappa shape index (κ2) is 6.80. The predicted molar refractivity (Wildman–Crippen MR) is 118 cm³/mol. The van der Waals surface area contributed by atoms with Crippen LogP contribution in [0.2, 0.25) is 0 Å². The molecule has 5 rings (SSSR count). The molecule has 0 nitrogen and oxygen atoms in total. The normalized spacial score (nSPS) is 20.7. The fraction of sp³-hybridized carbons (Fsp3) is 0.143. The molecule has 0 aromatic heterocycles. The van der Waals surface area contributed by atoms with Crippen LogP contribution in [-0.4, -0.2) is 0 Å². The Kier molecular flexibility index (Phi) is 4.13. The lowest BCUT2D eigenvalue weighted by molar-refractivity contribution is 0.484. The molecule has 0 bridgehead atoms. The average molecular weight is 361 g/mol. The fourth-order valence-electron chi connectivity index (χ4n) is 5.06. The topological polar surface area (TPSA) is 0 Å². The Morgan fingerprint density at radius 1 is 0.643 bits per heavy atom. The molecule has 0 saturated heterocycles. The summed E-state index contributed by atoms with van der Waals surface area (Å²) < 4.78 is 0. The highest BCUT2D eigenvalue weighted by atomic mass is 14.5. The van der Waals surface area contributed by atoms with Crippen molar-refractivity contribution in [2.24, 2.45) is 0 Å². The van der Waals surface area contributed by atoms with Gasteiger partial charge in [-0.05, 0) is 39.8 Å².